The smallest absolute Gasteiger partial charge is 0.229 e. The summed E-state index contributed by atoms with van der Waals surface area (Å²) >= 11 is 24.0. The van der Waals surface area contributed by atoms with Gasteiger partial charge in [0, 0.05) is 0 Å². The fraction of sp³-hybridized carbons (Fsp3) is 0.400. The van der Waals surface area contributed by atoms with Crippen LogP contribution in [-0.2, 0) is 39.7 Å². The van der Waals surface area contributed by atoms with E-state index in [-0.39, 0.29) is 32.9 Å². The minimum absolute atomic E-state index is 0.0304. The predicted octanol–water partition coefficient (Wildman–Crippen LogP) is 3.27. The Morgan fingerprint density at radius 2 is 0.947 bits per heavy atom. The Bertz CT molecular complexity index is 1590. The molecule has 0 aliphatic carbocycles. The van der Waals surface area contributed by atoms with E-state index in [1.54, 1.807) is 0 Å². The van der Waals surface area contributed by atoms with Crippen LogP contribution in [0.25, 0.3) is 0 Å². The molecule has 0 unspecified atom stereocenters. The molecule has 2 saturated heterocycles. The highest BCUT2D eigenvalue weighted by Gasteiger charge is 2.51. The van der Waals surface area contributed by atoms with Crippen LogP contribution in [0.4, 0.5) is 0 Å². The van der Waals surface area contributed by atoms with Crippen LogP contribution < -0.4 is 0 Å². The van der Waals surface area contributed by atoms with Crippen LogP contribution in [0.2, 0.25) is 20.1 Å². The minimum atomic E-state index is -4.84. The topological polar surface area (TPSA) is 143 Å². The summed E-state index contributed by atoms with van der Waals surface area (Å²) in [7, 11) is -17.1. The summed E-state index contributed by atoms with van der Waals surface area (Å²) in [5, 5.41) is -0.228. The van der Waals surface area contributed by atoms with Crippen molar-refractivity contribution in [3.63, 3.8) is 0 Å². The number of nitrogens with zero attached hydrogens (tertiary/aromatic N) is 2. The molecule has 0 saturated carbocycles. The first-order valence-electron chi connectivity index (χ1n) is 10.8. The van der Waals surface area contributed by atoms with Crippen LogP contribution in [-0.4, -0.2) is 77.6 Å². The van der Waals surface area contributed by atoms with Gasteiger partial charge in [-0.05, 0) is 49.2 Å². The van der Waals surface area contributed by atoms with Crippen molar-refractivity contribution >= 4 is 86.1 Å². The molecule has 210 valence electrons. The van der Waals surface area contributed by atoms with Gasteiger partial charge in [0.1, 0.15) is 0 Å². The van der Waals surface area contributed by atoms with Gasteiger partial charge in [0.05, 0.1) is 65.0 Å². The Kier molecular flexibility index (Phi) is 8.46. The van der Waals surface area contributed by atoms with E-state index in [2.05, 4.69) is 0 Å². The number of hydrogen-bond acceptors (Lipinski definition) is 8. The zero-order valence-electron chi connectivity index (χ0n) is 19.2. The number of hydrogen-bond donors (Lipinski definition) is 0. The first-order valence-corrected chi connectivity index (χ1v) is 18.9. The first kappa shape index (κ1) is 30.3. The molecule has 18 heteroatoms. The average Bonchev–Trinajstić information content (AvgIpc) is 3.35. The van der Waals surface area contributed by atoms with Gasteiger partial charge in [0.25, 0.3) is 20.0 Å². The molecular formula is C20H20Cl4N2O8S4. The quantitative estimate of drug-likeness (QED) is 0.404. The molecule has 10 nitrogen and oxygen atoms in total. The lowest BCUT2D eigenvalue weighted by Crippen LogP contribution is -2.58. The second kappa shape index (κ2) is 10.6. The molecule has 2 aromatic carbocycles. The van der Waals surface area contributed by atoms with Crippen molar-refractivity contribution in [2.75, 3.05) is 23.0 Å². The van der Waals surface area contributed by atoms with Gasteiger partial charge in [0.15, 0.2) is 19.7 Å². The zero-order valence-corrected chi connectivity index (χ0v) is 25.5. The fourth-order valence-corrected chi connectivity index (χ4v) is 12.4. The molecule has 0 amide bonds. The lowest BCUT2D eigenvalue weighted by molar-refractivity contribution is 0.0888. The molecule has 0 N–H and O–H groups in total. The van der Waals surface area contributed by atoms with E-state index in [0.29, 0.717) is 8.83 Å². The van der Waals surface area contributed by atoms with Gasteiger partial charge in [-0.25, -0.2) is 33.7 Å². The van der Waals surface area contributed by atoms with E-state index in [4.69, 9.17) is 46.4 Å². The maximum Gasteiger partial charge on any atom is 0.257 e. The third kappa shape index (κ3) is 5.99. The molecule has 0 aromatic heterocycles. The highest BCUT2D eigenvalue weighted by molar-refractivity contribution is 7.93. The van der Waals surface area contributed by atoms with E-state index in [0.717, 1.165) is 24.3 Å². The molecule has 2 aliphatic rings. The van der Waals surface area contributed by atoms with Crippen molar-refractivity contribution in [2.24, 2.45) is 0 Å². The average molecular weight is 686 g/mol. The van der Waals surface area contributed by atoms with Crippen LogP contribution in [0.3, 0.4) is 0 Å². The van der Waals surface area contributed by atoms with Crippen LogP contribution >= 0.6 is 46.4 Å². The second-order valence-corrected chi connectivity index (χ2v) is 18.5. The molecule has 4 rings (SSSR count). The van der Waals surface area contributed by atoms with Crippen LogP contribution in [0, 0.1) is 0 Å². The van der Waals surface area contributed by atoms with E-state index >= 15 is 0 Å². The van der Waals surface area contributed by atoms with Crippen LogP contribution in [0.5, 0.6) is 0 Å². The van der Waals surface area contributed by atoms with Gasteiger partial charge < -0.3 is 0 Å². The summed E-state index contributed by atoms with van der Waals surface area (Å²) < 4.78 is 107. The number of hydrazine groups is 1. The van der Waals surface area contributed by atoms with Gasteiger partial charge in [-0.15, -0.1) is 8.83 Å². The Hall–Kier alpha value is -0.680. The molecule has 0 bridgehead atoms. The van der Waals surface area contributed by atoms with E-state index in [1.165, 1.54) is 12.1 Å². The summed E-state index contributed by atoms with van der Waals surface area (Å²) in [5.41, 5.74) is 0. The highest BCUT2D eigenvalue weighted by Crippen LogP contribution is 2.37. The zero-order chi connectivity index (χ0) is 28.3. The largest absolute Gasteiger partial charge is 0.257 e. The van der Waals surface area contributed by atoms with Gasteiger partial charge >= 0.3 is 0 Å². The lowest BCUT2D eigenvalue weighted by Gasteiger charge is -2.39. The summed E-state index contributed by atoms with van der Waals surface area (Å²) in [5.74, 6) is -2.15. The molecule has 2 heterocycles. The van der Waals surface area contributed by atoms with Crippen molar-refractivity contribution in [1.82, 2.24) is 8.83 Å². The van der Waals surface area contributed by atoms with Crippen molar-refractivity contribution in [3.8, 4) is 0 Å². The highest BCUT2D eigenvalue weighted by atomic mass is 35.5. The Labute approximate surface area is 241 Å². The second-order valence-electron chi connectivity index (χ2n) is 8.82. The van der Waals surface area contributed by atoms with Crippen molar-refractivity contribution < 1.29 is 33.7 Å². The molecule has 0 spiro atoms. The Morgan fingerprint density at radius 1 is 0.605 bits per heavy atom. The number of sulfone groups is 2. The number of benzene rings is 2. The minimum Gasteiger partial charge on any atom is -0.229 e. The van der Waals surface area contributed by atoms with Gasteiger partial charge in [-0.2, -0.15) is 0 Å². The maximum atomic E-state index is 14.1. The normalized spacial score (nSPS) is 23.3. The van der Waals surface area contributed by atoms with E-state index < -0.39 is 84.6 Å². The molecular weight excluding hydrogens is 666 g/mol. The van der Waals surface area contributed by atoms with Crippen molar-refractivity contribution in [2.45, 2.75) is 34.7 Å². The molecule has 0 radical (unpaired) electrons. The third-order valence-corrected chi connectivity index (χ3v) is 14.8. The summed E-state index contributed by atoms with van der Waals surface area (Å²) in [6.07, 6.45) is -0.453. The fourth-order valence-electron chi connectivity index (χ4n) is 4.32. The number of rotatable bonds is 7. The molecule has 2 aromatic rings. The summed E-state index contributed by atoms with van der Waals surface area (Å²) in [4.78, 5) is -0.933. The Morgan fingerprint density at radius 3 is 1.21 bits per heavy atom. The molecule has 38 heavy (non-hydrogen) atoms. The van der Waals surface area contributed by atoms with Gasteiger partial charge in [-0.1, -0.05) is 46.4 Å². The molecule has 2 atom stereocenters. The number of sulfonamides is 2. The SMILES string of the molecule is O=S1(=O)CC[C@@H](N(N([C@@H]2CCS(=O)(=O)C2)S(=O)(=O)c2ccc(Cl)c(Cl)c2)S(=O)(=O)c2ccc(Cl)c(Cl)c2)C1. The van der Waals surface area contributed by atoms with E-state index in [1.807, 2.05) is 0 Å². The van der Waals surface area contributed by atoms with Gasteiger partial charge in [0.2, 0.25) is 0 Å². The van der Waals surface area contributed by atoms with Gasteiger partial charge in [-0.3, -0.25) is 0 Å². The lowest BCUT2D eigenvalue weighted by atomic mass is 10.2. The third-order valence-electron chi connectivity index (χ3n) is 6.11. The van der Waals surface area contributed by atoms with E-state index in [9.17, 15) is 33.7 Å². The standard InChI is InChI=1S/C20H20Cl4N2O8S4/c21-17-3-1-15(9-19(17)23)37(31,32)25(13-5-7-35(27,28)11-13)26(14-6-8-36(29,30)12-14)38(33,34)16-2-4-18(22)20(24)10-16/h1-4,9-10,13-14H,5-8,11-12H2/t13-,14-/m1/s1. The summed E-state index contributed by atoms with van der Waals surface area (Å²) in [6, 6.07) is 3.86. The predicted molar refractivity (Wildman–Crippen MR) is 145 cm³/mol. The molecule has 2 aliphatic heterocycles. The maximum absolute atomic E-state index is 14.1. The van der Waals surface area contributed by atoms with Crippen LogP contribution in [0.15, 0.2) is 46.2 Å². The van der Waals surface area contributed by atoms with Crippen molar-refractivity contribution in [1.29, 1.82) is 0 Å². The monoisotopic (exact) mass is 684 g/mol. The Balaban J connectivity index is 1.99. The first-order chi connectivity index (χ1) is 17.4. The number of halogens is 4. The summed E-state index contributed by atoms with van der Waals surface area (Å²) in [6.45, 7) is 0. The van der Waals surface area contributed by atoms with Crippen LogP contribution in [0.1, 0.15) is 12.8 Å². The molecule has 2 fully saturated rings. The van der Waals surface area contributed by atoms with Crippen molar-refractivity contribution in [3.05, 3.63) is 56.5 Å².